The largest absolute Gasteiger partial charge is 0.496 e. The molecule has 0 radical (unpaired) electrons. The summed E-state index contributed by atoms with van der Waals surface area (Å²) in [7, 11) is 2.93. The van der Waals surface area contributed by atoms with Crippen molar-refractivity contribution in [1.82, 2.24) is 4.90 Å². The summed E-state index contributed by atoms with van der Waals surface area (Å²) in [6, 6.07) is 30.8. The van der Waals surface area contributed by atoms with Crippen LogP contribution >= 0.6 is 0 Å². The zero-order valence-electron chi connectivity index (χ0n) is 27.4. The quantitative estimate of drug-likeness (QED) is 0.142. The minimum absolute atomic E-state index is 0.0412. The van der Waals surface area contributed by atoms with Crippen LogP contribution in [0.3, 0.4) is 0 Å². The highest BCUT2D eigenvalue weighted by Gasteiger charge is 2.38. The number of hydrogen-bond donors (Lipinski definition) is 3. The SMILES string of the molecule is COc1cc(CC(=O)N2C[C@@H](Oc3ccc4ccccc4c3)C[C@H]2c2ccc(C(=O)O)c(OC)c2)ccc1NC(=O)Nc1ccccc1C. The van der Waals surface area contributed by atoms with E-state index in [1.54, 1.807) is 35.2 Å². The molecule has 10 heteroatoms. The Morgan fingerprint density at radius 1 is 0.796 bits per heavy atom. The summed E-state index contributed by atoms with van der Waals surface area (Å²) in [4.78, 5) is 40.3. The predicted molar refractivity (Wildman–Crippen MR) is 188 cm³/mol. The van der Waals surface area contributed by atoms with Crippen molar-refractivity contribution in [2.75, 3.05) is 31.4 Å². The Morgan fingerprint density at radius 3 is 2.29 bits per heavy atom. The van der Waals surface area contributed by atoms with Gasteiger partial charge in [-0.2, -0.15) is 0 Å². The number of anilines is 2. The molecule has 2 atom stereocenters. The zero-order chi connectivity index (χ0) is 34.5. The van der Waals surface area contributed by atoms with Crippen molar-refractivity contribution in [2.45, 2.75) is 31.9 Å². The first-order valence-corrected chi connectivity index (χ1v) is 15.9. The van der Waals surface area contributed by atoms with Gasteiger partial charge in [-0.25, -0.2) is 9.59 Å². The molecule has 1 aliphatic heterocycles. The molecule has 250 valence electrons. The van der Waals surface area contributed by atoms with Gasteiger partial charge in [-0.05, 0) is 76.9 Å². The van der Waals surface area contributed by atoms with Crippen molar-refractivity contribution in [1.29, 1.82) is 0 Å². The van der Waals surface area contributed by atoms with Crippen molar-refractivity contribution in [2.24, 2.45) is 0 Å². The molecule has 0 bridgehead atoms. The van der Waals surface area contributed by atoms with Gasteiger partial charge in [0, 0.05) is 12.1 Å². The number of hydrogen-bond acceptors (Lipinski definition) is 6. The van der Waals surface area contributed by atoms with Crippen LogP contribution in [-0.4, -0.2) is 54.8 Å². The maximum atomic E-state index is 14.0. The van der Waals surface area contributed by atoms with Gasteiger partial charge in [-0.3, -0.25) is 4.79 Å². The number of ether oxygens (including phenoxy) is 3. The molecule has 0 aromatic heterocycles. The second-order valence-corrected chi connectivity index (χ2v) is 11.9. The monoisotopic (exact) mass is 659 g/mol. The van der Waals surface area contributed by atoms with E-state index in [-0.39, 0.29) is 35.8 Å². The number of fused-ring (bicyclic) bond motifs is 1. The van der Waals surface area contributed by atoms with Crippen LogP contribution in [0, 0.1) is 6.92 Å². The molecule has 3 amide bonds. The molecule has 1 heterocycles. The van der Waals surface area contributed by atoms with Gasteiger partial charge in [0.25, 0.3) is 0 Å². The van der Waals surface area contributed by atoms with Gasteiger partial charge in [0.2, 0.25) is 5.91 Å². The number of urea groups is 1. The van der Waals surface area contributed by atoms with E-state index in [1.165, 1.54) is 20.3 Å². The molecule has 5 aromatic carbocycles. The van der Waals surface area contributed by atoms with E-state index < -0.39 is 12.0 Å². The third-order valence-corrected chi connectivity index (χ3v) is 8.71. The van der Waals surface area contributed by atoms with Crippen LogP contribution in [-0.2, 0) is 11.2 Å². The lowest BCUT2D eigenvalue weighted by atomic mass is 10.0. The lowest BCUT2D eigenvalue weighted by Gasteiger charge is -2.25. The molecule has 10 nitrogen and oxygen atoms in total. The second kappa shape index (κ2) is 14.4. The number of para-hydroxylation sites is 1. The number of aromatic carboxylic acids is 1. The van der Waals surface area contributed by atoms with Crippen molar-refractivity contribution in [3.63, 3.8) is 0 Å². The molecule has 5 aromatic rings. The fraction of sp³-hybridized carbons (Fsp3) is 0.205. The summed E-state index contributed by atoms with van der Waals surface area (Å²) in [5.41, 5.74) is 3.57. The Balaban J connectivity index is 1.22. The number of carbonyl (C=O) groups is 3. The maximum absolute atomic E-state index is 14.0. The second-order valence-electron chi connectivity index (χ2n) is 11.9. The summed E-state index contributed by atoms with van der Waals surface area (Å²) < 4.78 is 17.4. The highest BCUT2D eigenvalue weighted by molar-refractivity contribution is 6.01. The number of likely N-dealkylation sites (tertiary alicyclic amines) is 1. The fourth-order valence-electron chi connectivity index (χ4n) is 6.21. The third kappa shape index (κ3) is 7.43. The number of carboxylic acid groups (broad SMARTS) is 1. The number of carbonyl (C=O) groups excluding carboxylic acids is 2. The fourth-order valence-corrected chi connectivity index (χ4v) is 6.21. The van der Waals surface area contributed by atoms with E-state index in [1.807, 2.05) is 73.7 Å². The number of nitrogens with one attached hydrogen (secondary N) is 2. The zero-order valence-corrected chi connectivity index (χ0v) is 27.4. The third-order valence-electron chi connectivity index (χ3n) is 8.71. The van der Waals surface area contributed by atoms with E-state index in [0.29, 0.717) is 41.4 Å². The topological polar surface area (TPSA) is 126 Å². The minimum Gasteiger partial charge on any atom is -0.496 e. The number of rotatable bonds is 10. The van der Waals surface area contributed by atoms with Crippen LogP contribution in [0.4, 0.5) is 16.2 Å². The van der Waals surface area contributed by atoms with Crippen LogP contribution in [0.25, 0.3) is 10.8 Å². The average molecular weight is 660 g/mol. The number of methoxy groups -OCH3 is 2. The van der Waals surface area contributed by atoms with Crippen molar-refractivity contribution < 1.29 is 33.7 Å². The highest BCUT2D eigenvalue weighted by atomic mass is 16.5. The summed E-state index contributed by atoms with van der Waals surface area (Å²) >= 11 is 0. The van der Waals surface area contributed by atoms with E-state index in [0.717, 1.165) is 21.9 Å². The lowest BCUT2D eigenvalue weighted by molar-refractivity contribution is -0.131. The number of aryl methyl sites for hydroxylation is 1. The van der Waals surface area contributed by atoms with E-state index in [9.17, 15) is 19.5 Å². The van der Waals surface area contributed by atoms with Crippen molar-refractivity contribution in [3.05, 3.63) is 125 Å². The Labute approximate surface area is 284 Å². The normalized spacial score (nSPS) is 15.4. The first-order valence-electron chi connectivity index (χ1n) is 15.9. The lowest BCUT2D eigenvalue weighted by Crippen LogP contribution is -2.33. The first kappa shape index (κ1) is 32.9. The Morgan fingerprint density at radius 2 is 1.53 bits per heavy atom. The molecule has 6 rings (SSSR count). The average Bonchev–Trinajstić information content (AvgIpc) is 3.53. The number of nitrogens with zero attached hydrogens (tertiary/aromatic N) is 1. The van der Waals surface area contributed by atoms with Crippen LogP contribution in [0.5, 0.6) is 17.2 Å². The van der Waals surface area contributed by atoms with Gasteiger partial charge in [0.15, 0.2) is 0 Å². The van der Waals surface area contributed by atoms with E-state index >= 15 is 0 Å². The van der Waals surface area contributed by atoms with Gasteiger partial charge >= 0.3 is 12.0 Å². The summed E-state index contributed by atoms with van der Waals surface area (Å²) in [6.45, 7) is 2.24. The predicted octanol–water partition coefficient (Wildman–Crippen LogP) is 7.47. The van der Waals surface area contributed by atoms with Crippen LogP contribution in [0.1, 0.15) is 39.5 Å². The molecule has 0 unspecified atom stereocenters. The van der Waals surface area contributed by atoms with Crippen LogP contribution < -0.4 is 24.8 Å². The van der Waals surface area contributed by atoms with Gasteiger partial charge in [-0.15, -0.1) is 0 Å². The molecule has 1 aliphatic rings. The highest BCUT2D eigenvalue weighted by Crippen LogP contribution is 2.38. The first-order chi connectivity index (χ1) is 23.7. The van der Waals surface area contributed by atoms with Crippen molar-refractivity contribution >= 4 is 40.1 Å². The number of carboxylic acids is 1. The van der Waals surface area contributed by atoms with E-state index in [4.69, 9.17) is 14.2 Å². The summed E-state index contributed by atoms with van der Waals surface area (Å²) in [5.74, 6) is 0.0934. The molecule has 49 heavy (non-hydrogen) atoms. The molecule has 0 aliphatic carbocycles. The minimum atomic E-state index is -1.10. The summed E-state index contributed by atoms with van der Waals surface area (Å²) in [6.07, 6.45) is 0.249. The van der Waals surface area contributed by atoms with Gasteiger partial charge in [0.1, 0.15) is 28.9 Å². The van der Waals surface area contributed by atoms with Gasteiger partial charge in [0.05, 0.1) is 38.9 Å². The summed E-state index contributed by atoms with van der Waals surface area (Å²) in [5, 5.41) is 17.4. The van der Waals surface area contributed by atoms with E-state index in [2.05, 4.69) is 10.6 Å². The molecule has 3 N–H and O–H groups in total. The Kier molecular flexibility index (Phi) is 9.66. The smallest absolute Gasteiger partial charge is 0.339 e. The number of benzene rings is 5. The molecule has 0 spiro atoms. The molecule has 0 saturated carbocycles. The number of amides is 3. The van der Waals surface area contributed by atoms with Crippen molar-refractivity contribution in [3.8, 4) is 17.2 Å². The Bertz CT molecular complexity index is 2030. The molecular formula is C39H37N3O7. The molecular weight excluding hydrogens is 622 g/mol. The van der Waals surface area contributed by atoms with Gasteiger partial charge in [-0.1, -0.05) is 60.7 Å². The van der Waals surface area contributed by atoms with Crippen LogP contribution in [0.2, 0.25) is 0 Å². The molecule has 1 saturated heterocycles. The van der Waals surface area contributed by atoms with Crippen LogP contribution in [0.15, 0.2) is 103 Å². The standard InChI is InChI=1S/C39H37N3O7/c1-24-8-4-7-11-32(24)40-39(46)41-33-17-12-25(18-36(33)48-3)19-37(43)42-23-30(49-29-15-13-26-9-5-6-10-27(26)20-29)22-34(42)28-14-16-31(38(44)45)35(21-28)47-2/h4-18,20-21,30,34H,19,22-23H2,1-3H3,(H,44,45)(H2,40,41,46)/t30-,34-/m0/s1. The van der Waals surface area contributed by atoms with Gasteiger partial charge < -0.3 is 34.9 Å². The maximum Gasteiger partial charge on any atom is 0.339 e. The Hall–Kier alpha value is -6.03. The molecule has 1 fully saturated rings.